The van der Waals surface area contributed by atoms with Crippen molar-refractivity contribution in [2.45, 2.75) is 18.6 Å². The van der Waals surface area contributed by atoms with Gasteiger partial charge in [0, 0.05) is 11.9 Å². The van der Waals surface area contributed by atoms with Crippen molar-refractivity contribution in [1.82, 2.24) is 0 Å². The number of nitrogens with two attached hydrogens (primary N) is 1. The van der Waals surface area contributed by atoms with Crippen LogP contribution in [0.5, 0.6) is 0 Å². The van der Waals surface area contributed by atoms with E-state index in [1.54, 1.807) is 0 Å². The first-order chi connectivity index (χ1) is 6.24. The van der Waals surface area contributed by atoms with Crippen LogP contribution in [0.2, 0.25) is 0 Å². The highest BCUT2D eigenvalue weighted by atomic mass is 35.5. The third-order valence-electron chi connectivity index (χ3n) is 1.97. The SMILES string of the molecule is N[C@@H](Cc1ccccc1)C(O)CCl. The average Bonchev–Trinajstić information content (AvgIpc) is 2.18. The van der Waals surface area contributed by atoms with E-state index >= 15 is 0 Å². The Balaban J connectivity index is 2.50. The first-order valence-corrected chi connectivity index (χ1v) is 4.81. The molecule has 0 saturated heterocycles. The van der Waals surface area contributed by atoms with E-state index in [-0.39, 0.29) is 11.9 Å². The molecule has 0 heterocycles. The van der Waals surface area contributed by atoms with Crippen LogP contribution >= 0.6 is 11.6 Å². The van der Waals surface area contributed by atoms with Gasteiger partial charge in [0.15, 0.2) is 0 Å². The second-order valence-corrected chi connectivity index (χ2v) is 3.38. The molecule has 1 unspecified atom stereocenters. The zero-order valence-electron chi connectivity index (χ0n) is 7.36. The molecule has 72 valence electrons. The highest BCUT2D eigenvalue weighted by Gasteiger charge is 2.13. The van der Waals surface area contributed by atoms with Gasteiger partial charge in [-0.3, -0.25) is 0 Å². The Labute approximate surface area is 83.3 Å². The number of benzene rings is 1. The molecule has 0 aliphatic rings. The Kier molecular flexibility index (Phi) is 4.22. The van der Waals surface area contributed by atoms with E-state index in [0.717, 1.165) is 5.56 Å². The first kappa shape index (κ1) is 10.5. The van der Waals surface area contributed by atoms with Crippen LogP contribution in [0.1, 0.15) is 5.56 Å². The summed E-state index contributed by atoms with van der Waals surface area (Å²) < 4.78 is 0. The molecule has 1 rings (SSSR count). The van der Waals surface area contributed by atoms with Gasteiger partial charge < -0.3 is 10.8 Å². The molecular weight excluding hydrogens is 186 g/mol. The van der Waals surface area contributed by atoms with Crippen LogP contribution in [0.25, 0.3) is 0 Å². The molecule has 0 spiro atoms. The lowest BCUT2D eigenvalue weighted by atomic mass is 10.0. The molecule has 3 N–H and O–H groups in total. The fourth-order valence-electron chi connectivity index (χ4n) is 1.14. The van der Waals surface area contributed by atoms with E-state index in [2.05, 4.69) is 0 Å². The summed E-state index contributed by atoms with van der Waals surface area (Å²) >= 11 is 5.48. The smallest absolute Gasteiger partial charge is 0.0829 e. The molecule has 0 radical (unpaired) electrons. The monoisotopic (exact) mass is 199 g/mol. The molecule has 0 aliphatic carbocycles. The van der Waals surface area contributed by atoms with Gasteiger partial charge in [-0.15, -0.1) is 11.6 Å². The van der Waals surface area contributed by atoms with Crippen LogP contribution in [-0.2, 0) is 6.42 Å². The van der Waals surface area contributed by atoms with Gasteiger partial charge in [-0.2, -0.15) is 0 Å². The number of aliphatic hydroxyl groups excluding tert-OH is 1. The molecule has 0 amide bonds. The van der Waals surface area contributed by atoms with E-state index in [9.17, 15) is 5.11 Å². The first-order valence-electron chi connectivity index (χ1n) is 4.27. The molecule has 0 saturated carbocycles. The number of hydrogen-bond acceptors (Lipinski definition) is 2. The van der Waals surface area contributed by atoms with Crippen LogP contribution in [0.15, 0.2) is 30.3 Å². The summed E-state index contributed by atoms with van der Waals surface area (Å²) in [4.78, 5) is 0. The summed E-state index contributed by atoms with van der Waals surface area (Å²) in [6.07, 6.45) is 0.0382. The van der Waals surface area contributed by atoms with Gasteiger partial charge in [-0.25, -0.2) is 0 Å². The number of aliphatic hydroxyl groups is 1. The Morgan fingerprint density at radius 2 is 1.92 bits per heavy atom. The number of halogens is 1. The molecule has 2 atom stereocenters. The summed E-state index contributed by atoms with van der Waals surface area (Å²) in [6.45, 7) is 0. The van der Waals surface area contributed by atoms with E-state index < -0.39 is 6.10 Å². The average molecular weight is 200 g/mol. The third-order valence-corrected chi connectivity index (χ3v) is 2.28. The highest BCUT2D eigenvalue weighted by Crippen LogP contribution is 2.05. The van der Waals surface area contributed by atoms with Crippen molar-refractivity contribution in [2.24, 2.45) is 5.73 Å². The molecule has 3 heteroatoms. The quantitative estimate of drug-likeness (QED) is 0.715. The highest BCUT2D eigenvalue weighted by molar-refractivity contribution is 6.18. The predicted octanol–water partition coefficient (Wildman–Crippen LogP) is 1.16. The van der Waals surface area contributed by atoms with Gasteiger partial charge >= 0.3 is 0 Å². The second-order valence-electron chi connectivity index (χ2n) is 3.08. The summed E-state index contributed by atoms with van der Waals surface area (Å²) in [6, 6.07) is 9.55. The normalized spacial score (nSPS) is 15.3. The molecule has 0 aromatic heterocycles. The van der Waals surface area contributed by atoms with Crippen LogP contribution < -0.4 is 5.73 Å². The maximum Gasteiger partial charge on any atom is 0.0829 e. The zero-order valence-corrected chi connectivity index (χ0v) is 8.11. The van der Waals surface area contributed by atoms with Gasteiger partial charge in [0.25, 0.3) is 0 Å². The van der Waals surface area contributed by atoms with E-state index in [0.29, 0.717) is 6.42 Å². The second kappa shape index (κ2) is 5.22. The summed E-state index contributed by atoms with van der Waals surface area (Å²) in [7, 11) is 0. The van der Waals surface area contributed by atoms with Gasteiger partial charge in [0.1, 0.15) is 0 Å². The topological polar surface area (TPSA) is 46.2 Å². The minimum absolute atomic E-state index is 0.188. The lowest BCUT2D eigenvalue weighted by molar-refractivity contribution is 0.166. The van der Waals surface area contributed by atoms with E-state index in [1.165, 1.54) is 0 Å². The van der Waals surface area contributed by atoms with Crippen molar-refractivity contribution in [2.75, 3.05) is 5.88 Å². The van der Waals surface area contributed by atoms with Crippen molar-refractivity contribution < 1.29 is 5.11 Å². The minimum atomic E-state index is -0.623. The Morgan fingerprint density at radius 3 is 2.46 bits per heavy atom. The van der Waals surface area contributed by atoms with Crippen molar-refractivity contribution in [3.8, 4) is 0 Å². The van der Waals surface area contributed by atoms with E-state index in [4.69, 9.17) is 17.3 Å². The number of alkyl halides is 1. The number of rotatable bonds is 4. The Bertz CT molecular complexity index is 240. The lowest BCUT2D eigenvalue weighted by Crippen LogP contribution is -2.37. The van der Waals surface area contributed by atoms with Crippen LogP contribution in [0.4, 0.5) is 0 Å². The van der Waals surface area contributed by atoms with E-state index in [1.807, 2.05) is 30.3 Å². The van der Waals surface area contributed by atoms with Crippen LogP contribution in [0, 0.1) is 0 Å². The maximum absolute atomic E-state index is 9.33. The molecule has 0 aliphatic heterocycles. The van der Waals surface area contributed by atoms with Crippen molar-refractivity contribution in [3.63, 3.8) is 0 Å². The van der Waals surface area contributed by atoms with Crippen molar-refractivity contribution in [1.29, 1.82) is 0 Å². The summed E-state index contributed by atoms with van der Waals surface area (Å²) in [5.74, 6) is 0.188. The lowest BCUT2D eigenvalue weighted by Gasteiger charge is -2.15. The summed E-state index contributed by atoms with van der Waals surface area (Å²) in [5, 5.41) is 9.33. The molecule has 0 bridgehead atoms. The standard InChI is InChI=1S/C10H14ClNO/c11-7-10(13)9(12)6-8-4-2-1-3-5-8/h1-5,9-10,13H,6-7,12H2/t9-,10?/m0/s1. The number of hydrogen-bond donors (Lipinski definition) is 2. The van der Waals surface area contributed by atoms with Gasteiger partial charge in [-0.05, 0) is 12.0 Å². The molecule has 0 fully saturated rings. The molecule has 2 nitrogen and oxygen atoms in total. The van der Waals surface area contributed by atoms with Crippen molar-refractivity contribution in [3.05, 3.63) is 35.9 Å². The molecular formula is C10H14ClNO. The Morgan fingerprint density at radius 1 is 1.31 bits per heavy atom. The largest absolute Gasteiger partial charge is 0.390 e. The van der Waals surface area contributed by atoms with Crippen LogP contribution in [-0.4, -0.2) is 23.1 Å². The Hall–Kier alpha value is -0.570. The van der Waals surface area contributed by atoms with Gasteiger partial charge in [0.2, 0.25) is 0 Å². The van der Waals surface area contributed by atoms with Crippen molar-refractivity contribution >= 4 is 11.6 Å². The molecule has 13 heavy (non-hydrogen) atoms. The predicted molar refractivity (Wildman–Crippen MR) is 54.8 cm³/mol. The fourth-order valence-corrected chi connectivity index (χ4v) is 1.37. The minimum Gasteiger partial charge on any atom is -0.390 e. The zero-order chi connectivity index (χ0) is 9.68. The fraction of sp³-hybridized carbons (Fsp3) is 0.400. The van der Waals surface area contributed by atoms with Crippen LogP contribution in [0.3, 0.4) is 0 Å². The van der Waals surface area contributed by atoms with Gasteiger partial charge in [-0.1, -0.05) is 30.3 Å². The summed E-state index contributed by atoms with van der Waals surface area (Å²) in [5.41, 5.74) is 6.85. The molecule has 1 aromatic rings. The maximum atomic E-state index is 9.33. The van der Waals surface area contributed by atoms with Gasteiger partial charge in [0.05, 0.1) is 6.10 Å². The molecule has 1 aromatic carbocycles. The third kappa shape index (κ3) is 3.35.